The zero-order valence-corrected chi connectivity index (χ0v) is 8.18. The van der Waals surface area contributed by atoms with Gasteiger partial charge in [-0.1, -0.05) is 26.8 Å². The number of carbonyl (C=O) groups excluding carboxylic acids is 1. The van der Waals surface area contributed by atoms with Gasteiger partial charge in [-0.2, -0.15) is 0 Å². The molecular weight excluding hydrogens is 154 g/mol. The van der Waals surface area contributed by atoms with Crippen LogP contribution in [-0.4, -0.2) is 12.7 Å². The predicted molar refractivity (Wildman–Crippen MR) is 48.4 cm³/mol. The standard InChI is InChI=1S/C9H17NO2/c1-7(5-9(2,3)4)8(11)12-6-10/h5H,6,10H2,1-4H3. The first-order valence-electron chi connectivity index (χ1n) is 3.93. The van der Waals surface area contributed by atoms with Crippen LogP contribution in [0.1, 0.15) is 27.7 Å². The molecule has 0 bridgehead atoms. The molecular formula is C9H17NO2. The van der Waals surface area contributed by atoms with Crippen LogP contribution in [-0.2, 0) is 9.53 Å². The first-order chi connectivity index (χ1) is 5.37. The van der Waals surface area contributed by atoms with E-state index in [-0.39, 0.29) is 18.1 Å². The van der Waals surface area contributed by atoms with Gasteiger partial charge in [0.05, 0.1) is 0 Å². The van der Waals surface area contributed by atoms with Crippen molar-refractivity contribution in [2.45, 2.75) is 27.7 Å². The summed E-state index contributed by atoms with van der Waals surface area (Å²) in [6.07, 6.45) is 1.87. The summed E-state index contributed by atoms with van der Waals surface area (Å²) in [5.74, 6) is -0.340. The summed E-state index contributed by atoms with van der Waals surface area (Å²) in [6, 6.07) is 0. The number of carbonyl (C=O) groups is 1. The molecule has 0 aromatic heterocycles. The molecule has 0 atom stereocenters. The molecule has 0 saturated heterocycles. The number of allylic oxidation sites excluding steroid dienone is 1. The molecule has 0 rings (SSSR count). The topological polar surface area (TPSA) is 52.3 Å². The van der Waals surface area contributed by atoms with Crippen LogP contribution in [0.4, 0.5) is 0 Å². The Balaban J connectivity index is 4.28. The summed E-state index contributed by atoms with van der Waals surface area (Å²) < 4.78 is 4.62. The summed E-state index contributed by atoms with van der Waals surface area (Å²) >= 11 is 0. The third-order valence-corrected chi connectivity index (χ3v) is 1.19. The van der Waals surface area contributed by atoms with Gasteiger partial charge in [-0.25, -0.2) is 4.79 Å². The molecule has 0 aliphatic rings. The Hall–Kier alpha value is -0.830. The van der Waals surface area contributed by atoms with E-state index < -0.39 is 0 Å². The minimum atomic E-state index is -0.340. The molecule has 0 aliphatic carbocycles. The lowest BCUT2D eigenvalue weighted by Gasteiger charge is -2.13. The van der Waals surface area contributed by atoms with Crippen LogP contribution in [0.15, 0.2) is 11.6 Å². The van der Waals surface area contributed by atoms with Gasteiger partial charge in [-0.05, 0) is 12.3 Å². The smallest absolute Gasteiger partial charge is 0.334 e. The van der Waals surface area contributed by atoms with E-state index in [9.17, 15) is 4.79 Å². The molecule has 0 heterocycles. The Labute approximate surface area is 73.6 Å². The van der Waals surface area contributed by atoms with Gasteiger partial charge in [-0.3, -0.25) is 5.73 Å². The number of hydrogen-bond donors (Lipinski definition) is 1. The highest BCUT2D eigenvalue weighted by atomic mass is 16.5. The normalized spacial score (nSPS) is 12.9. The first kappa shape index (κ1) is 11.2. The Bertz CT molecular complexity index is 189. The van der Waals surface area contributed by atoms with E-state index in [1.165, 1.54) is 0 Å². The van der Waals surface area contributed by atoms with Crippen LogP contribution in [0, 0.1) is 5.41 Å². The first-order valence-corrected chi connectivity index (χ1v) is 3.93. The van der Waals surface area contributed by atoms with Gasteiger partial charge < -0.3 is 4.74 Å². The SMILES string of the molecule is CC(=CC(C)(C)C)C(=O)OCN. The molecule has 0 aromatic rings. The van der Waals surface area contributed by atoms with Crippen molar-refractivity contribution in [2.24, 2.45) is 11.1 Å². The second kappa shape index (κ2) is 4.26. The van der Waals surface area contributed by atoms with Crippen LogP contribution in [0.3, 0.4) is 0 Å². The lowest BCUT2D eigenvalue weighted by atomic mass is 9.94. The van der Waals surface area contributed by atoms with Crippen LogP contribution in [0.5, 0.6) is 0 Å². The van der Waals surface area contributed by atoms with Crippen LogP contribution in [0.25, 0.3) is 0 Å². The highest BCUT2D eigenvalue weighted by Crippen LogP contribution is 2.17. The quantitative estimate of drug-likeness (QED) is 0.388. The Morgan fingerprint density at radius 1 is 1.50 bits per heavy atom. The van der Waals surface area contributed by atoms with Crippen LogP contribution < -0.4 is 5.73 Å². The fourth-order valence-corrected chi connectivity index (χ4v) is 0.898. The minimum Gasteiger partial charge on any atom is -0.447 e. The number of ether oxygens (including phenoxy) is 1. The third-order valence-electron chi connectivity index (χ3n) is 1.19. The van der Waals surface area contributed by atoms with Crippen molar-refractivity contribution in [3.8, 4) is 0 Å². The number of nitrogens with two attached hydrogens (primary N) is 1. The van der Waals surface area contributed by atoms with Crippen LogP contribution >= 0.6 is 0 Å². The van der Waals surface area contributed by atoms with E-state index in [2.05, 4.69) is 4.74 Å². The number of esters is 1. The minimum absolute atomic E-state index is 0.00228. The maximum Gasteiger partial charge on any atom is 0.334 e. The van der Waals surface area contributed by atoms with Crippen molar-refractivity contribution < 1.29 is 9.53 Å². The van der Waals surface area contributed by atoms with E-state index >= 15 is 0 Å². The highest BCUT2D eigenvalue weighted by molar-refractivity contribution is 5.87. The molecule has 0 saturated carbocycles. The number of rotatable bonds is 2. The van der Waals surface area contributed by atoms with Crippen molar-refractivity contribution in [2.75, 3.05) is 6.73 Å². The average Bonchev–Trinajstić information content (AvgIpc) is 1.84. The molecule has 0 aromatic carbocycles. The molecule has 0 spiro atoms. The maximum absolute atomic E-state index is 11.1. The van der Waals surface area contributed by atoms with Crippen molar-refractivity contribution in [1.29, 1.82) is 0 Å². The van der Waals surface area contributed by atoms with Crippen LogP contribution in [0.2, 0.25) is 0 Å². The molecule has 0 unspecified atom stereocenters. The van der Waals surface area contributed by atoms with E-state index in [0.717, 1.165) is 0 Å². The van der Waals surface area contributed by atoms with Gasteiger partial charge in [0.15, 0.2) is 0 Å². The van der Waals surface area contributed by atoms with Gasteiger partial charge in [0, 0.05) is 5.57 Å². The van der Waals surface area contributed by atoms with Gasteiger partial charge in [0.25, 0.3) is 0 Å². The maximum atomic E-state index is 11.1. The van der Waals surface area contributed by atoms with Crippen molar-refractivity contribution in [3.63, 3.8) is 0 Å². The Morgan fingerprint density at radius 3 is 2.33 bits per heavy atom. The van der Waals surface area contributed by atoms with E-state index in [1.54, 1.807) is 6.92 Å². The molecule has 70 valence electrons. The molecule has 0 radical (unpaired) electrons. The second-order valence-corrected chi connectivity index (χ2v) is 3.79. The summed E-state index contributed by atoms with van der Waals surface area (Å²) in [4.78, 5) is 11.1. The summed E-state index contributed by atoms with van der Waals surface area (Å²) in [6.45, 7) is 7.72. The van der Waals surface area contributed by atoms with E-state index in [4.69, 9.17) is 5.73 Å². The third kappa shape index (κ3) is 4.91. The van der Waals surface area contributed by atoms with Gasteiger partial charge in [0.2, 0.25) is 0 Å². The van der Waals surface area contributed by atoms with E-state index in [0.29, 0.717) is 5.57 Å². The zero-order chi connectivity index (χ0) is 9.78. The molecule has 3 nitrogen and oxygen atoms in total. The molecule has 0 aliphatic heterocycles. The molecule has 12 heavy (non-hydrogen) atoms. The Kier molecular flexibility index (Phi) is 3.96. The largest absolute Gasteiger partial charge is 0.447 e. The second-order valence-electron chi connectivity index (χ2n) is 3.79. The lowest BCUT2D eigenvalue weighted by Crippen LogP contribution is -2.14. The van der Waals surface area contributed by atoms with E-state index in [1.807, 2.05) is 26.8 Å². The number of hydrogen-bond acceptors (Lipinski definition) is 3. The monoisotopic (exact) mass is 171 g/mol. The molecule has 2 N–H and O–H groups in total. The summed E-state index contributed by atoms with van der Waals surface area (Å²) in [5, 5.41) is 0. The average molecular weight is 171 g/mol. The molecule has 3 heteroatoms. The van der Waals surface area contributed by atoms with Gasteiger partial charge in [0.1, 0.15) is 6.73 Å². The molecule has 0 fully saturated rings. The van der Waals surface area contributed by atoms with Crippen molar-refractivity contribution in [1.82, 2.24) is 0 Å². The lowest BCUT2D eigenvalue weighted by molar-refractivity contribution is -0.138. The Morgan fingerprint density at radius 2 is 2.00 bits per heavy atom. The predicted octanol–water partition coefficient (Wildman–Crippen LogP) is 1.44. The van der Waals surface area contributed by atoms with Gasteiger partial charge >= 0.3 is 5.97 Å². The summed E-state index contributed by atoms with van der Waals surface area (Å²) in [5.41, 5.74) is 5.66. The molecule has 0 amide bonds. The summed E-state index contributed by atoms with van der Waals surface area (Å²) in [7, 11) is 0. The van der Waals surface area contributed by atoms with Crippen molar-refractivity contribution >= 4 is 5.97 Å². The highest BCUT2D eigenvalue weighted by Gasteiger charge is 2.11. The zero-order valence-electron chi connectivity index (χ0n) is 8.18. The fourth-order valence-electron chi connectivity index (χ4n) is 0.898. The van der Waals surface area contributed by atoms with Gasteiger partial charge in [-0.15, -0.1) is 0 Å². The fraction of sp³-hybridized carbons (Fsp3) is 0.667. The van der Waals surface area contributed by atoms with Crippen molar-refractivity contribution in [3.05, 3.63) is 11.6 Å².